The molecule has 1 saturated heterocycles. The molecule has 0 aromatic carbocycles. The van der Waals surface area contributed by atoms with Gasteiger partial charge in [0.05, 0.1) is 6.33 Å². The third kappa shape index (κ3) is 2.76. The highest BCUT2D eigenvalue weighted by Crippen LogP contribution is 2.16. The van der Waals surface area contributed by atoms with Gasteiger partial charge in [0.2, 0.25) is 0 Å². The van der Waals surface area contributed by atoms with Gasteiger partial charge in [-0.25, -0.2) is 4.98 Å². The largest absolute Gasteiger partial charge is 0.391 e. The first-order chi connectivity index (χ1) is 8.18. The first-order valence-electron chi connectivity index (χ1n) is 5.95. The van der Waals surface area contributed by atoms with Gasteiger partial charge in [0.15, 0.2) is 5.82 Å². The number of H-pyrrole nitrogens is 1. The van der Waals surface area contributed by atoms with E-state index in [1.807, 2.05) is 0 Å². The van der Waals surface area contributed by atoms with Gasteiger partial charge in [0, 0.05) is 12.6 Å². The van der Waals surface area contributed by atoms with Crippen LogP contribution in [0.15, 0.2) is 11.1 Å². The summed E-state index contributed by atoms with van der Waals surface area (Å²) >= 11 is 0. The van der Waals surface area contributed by atoms with Crippen LogP contribution in [-0.4, -0.2) is 41.0 Å². The van der Waals surface area contributed by atoms with Crippen molar-refractivity contribution < 1.29 is 0 Å². The Morgan fingerprint density at radius 3 is 3.24 bits per heavy atom. The molecule has 1 aliphatic rings. The number of nitrogen functional groups attached to an aromatic ring is 1. The van der Waals surface area contributed by atoms with E-state index >= 15 is 0 Å². The van der Waals surface area contributed by atoms with E-state index in [0.29, 0.717) is 11.9 Å². The van der Waals surface area contributed by atoms with Gasteiger partial charge in [-0.1, -0.05) is 6.42 Å². The zero-order chi connectivity index (χ0) is 12.3. The van der Waals surface area contributed by atoms with Crippen LogP contribution in [0.1, 0.15) is 19.3 Å². The van der Waals surface area contributed by atoms with E-state index in [1.165, 1.54) is 25.6 Å². The summed E-state index contributed by atoms with van der Waals surface area (Å²) < 4.78 is 0. The smallest absolute Gasteiger partial charge is 0.276 e. The van der Waals surface area contributed by atoms with E-state index in [9.17, 15) is 4.79 Å². The minimum Gasteiger partial charge on any atom is -0.391 e. The van der Waals surface area contributed by atoms with Gasteiger partial charge in [0.25, 0.3) is 5.56 Å². The van der Waals surface area contributed by atoms with Crippen molar-refractivity contribution in [2.45, 2.75) is 25.3 Å². The maximum absolute atomic E-state index is 11.3. The molecule has 0 aliphatic carbocycles. The number of nitrogens with one attached hydrogen (secondary N) is 2. The number of aromatic nitrogens is 2. The molecular formula is C11H19N5O. The first kappa shape index (κ1) is 11.9. The molecule has 0 spiro atoms. The molecule has 0 amide bonds. The van der Waals surface area contributed by atoms with Crippen molar-refractivity contribution in [1.82, 2.24) is 14.9 Å². The predicted octanol–water partition coefficient (Wildman–Crippen LogP) is 0.248. The van der Waals surface area contributed by atoms with E-state index in [2.05, 4.69) is 27.2 Å². The van der Waals surface area contributed by atoms with Crippen LogP contribution in [0.3, 0.4) is 0 Å². The molecule has 1 aromatic heterocycles. The van der Waals surface area contributed by atoms with Crippen molar-refractivity contribution in [2.75, 3.05) is 31.2 Å². The highest BCUT2D eigenvalue weighted by Gasteiger charge is 2.18. The first-order valence-corrected chi connectivity index (χ1v) is 5.95. The zero-order valence-corrected chi connectivity index (χ0v) is 10.1. The summed E-state index contributed by atoms with van der Waals surface area (Å²) in [5.41, 5.74) is 5.52. The van der Waals surface area contributed by atoms with Gasteiger partial charge in [-0.3, -0.25) is 4.79 Å². The van der Waals surface area contributed by atoms with E-state index in [1.54, 1.807) is 0 Å². The minimum atomic E-state index is -0.292. The van der Waals surface area contributed by atoms with Crippen LogP contribution in [0, 0.1) is 0 Å². The number of rotatable bonds is 3. The molecule has 6 heteroatoms. The molecule has 2 heterocycles. The number of nitrogens with two attached hydrogens (primary N) is 1. The summed E-state index contributed by atoms with van der Waals surface area (Å²) in [4.78, 5) is 20.1. The molecule has 1 unspecified atom stereocenters. The monoisotopic (exact) mass is 237 g/mol. The summed E-state index contributed by atoms with van der Waals surface area (Å²) in [6.07, 6.45) is 5.06. The van der Waals surface area contributed by atoms with Gasteiger partial charge < -0.3 is 20.9 Å². The lowest BCUT2D eigenvalue weighted by Crippen LogP contribution is -2.41. The number of nitrogens with zero attached hydrogens (tertiary/aromatic N) is 2. The minimum absolute atomic E-state index is 0.158. The Balaban J connectivity index is 1.97. The SMILES string of the molecule is CN1CCCCC1CNc1nc[nH]c(=O)c1N. The van der Waals surface area contributed by atoms with E-state index in [4.69, 9.17) is 5.73 Å². The van der Waals surface area contributed by atoms with Crippen molar-refractivity contribution in [3.63, 3.8) is 0 Å². The number of anilines is 2. The molecule has 1 atom stereocenters. The fourth-order valence-electron chi connectivity index (χ4n) is 2.17. The summed E-state index contributed by atoms with van der Waals surface area (Å²) in [6.45, 7) is 1.90. The fraction of sp³-hybridized carbons (Fsp3) is 0.636. The van der Waals surface area contributed by atoms with Crippen LogP contribution in [0.2, 0.25) is 0 Å². The highest BCUT2D eigenvalue weighted by molar-refractivity contribution is 5.58. The van der Waals surface area contributed by atoms with Crippen LogP contribution in [0.5, 0.6) is 0 Å². The van der Waals surface area contributed by atoms with Crippen molar-refractivity contribution in [1.29, 1.82) is 0 Å². The second kappa shape index (κ2) is 5.18. The summed E-state index contributed by atoms with van der Waals surface area (Å²) in [5, 5.41) is 3.16. The van der Waals surface area contributed by atoms with Gasteiger partial charge in [0.1, 0.15) is 5.69 Å². The summed E-state index contributed by atoms with van der Waals surface area (Å²) in [6, 6.07) is 0.490. The molecule has 4 N–H and O–H groups in total. The number of likely N-dealkylation sites (tertiary alicyclic amines) is 1. The Bertz CT molecular complexity index is 430. The van der Waals surface area contributed by atoms with Gasteiger partial charge in [-0.2, -0.15) is 0 Å². The number of piperidine rings is 1. The predicted molar refractivity (Wildman–Crippen MR) is 68.0 cm³/mol. The van der Waals surface area contributed by atoms with Crippen molar-refractivity contribution in [3.8, 4) is 0 Å². The molecule has 0 saturated carbocycles. The molecule has 0 radical (unpaired) electrons. The lowest BCUT2D eigenvalue weighted by Gasteiger charge is -2.32. The number of likely N-dealkylation sites (N-methyl/N-ethyl adjacent to an activating group) is 1. The molecule has 1 fully saturated rings. The lowest BCUT2D eigenvalue weighted by atomic mass is 10.0. The van der Waals surface area contributed by atoms with E-state index in [0.717, 1.165) is 13.1 Å². The second-order valence-corrected chi connectivity index (χ2v) is 4.51. The number of aromatic amines is 1. The standard InChI is InChI=1S/C11H19N5O/c1-16-5-3-2-4-8(16)6-13-10-9(12)11(17)15-7-14-10/h7-8H,2-6,12H2,1H3,(H2,13,14,15,17). The maximum atomic E-state index is 11.3. The van der Waals surface area contributed by atoms with Gasteiger partial charge >= 0.3 is 0 Å². The van der Waals surface area contributed by atoms with Gasteiger partial charge in [-0.05, 0) is 26.4 Å². The molecule has 2 rings (SSSR count). The molecular weight excluding hydrogens is 218 g/mol. The van der Waals surface area contributed by atoms with Crippen LogP contribution < -0.4 is 16.6 Å². The number of hydrogen-bond acceptors (Lipinski definition) is 5. The van der Waals surface area contributed by atoms with Crippen LogP contribution in [0.4, 0.5) is 11.5 Å². The molecule has 17 heavy (non-hydrogen) atoms. The van der Waals surface area contributed by atoms with Crippen LogP contribution in [0.25, 0.3) is 0 Å². The fourth-order valence-corrected chi connectivity index (χ4v) is 2.17. The number of hydrogen-bond donors (Lipinski definition) is 3. The molecule has 94 valence electrons. The van der Waals surface area contributed by atoms with Crippen molar-refractivity contribution in [3.05, 3.63) is 16.7 Å². The highest BCUT2D eigenvalue weighted by atomic mass is 16.1. The van der Waals surface area contributed by atoms with Crippen LogP contribution in [-0.2, 0) is 0 Å². The van der Waals surface area contributed by atoms with Gasteiger partial charge in [-0.15, -0.1) is 0 Å². The maximum Gasteiger partial charge on any atom is 0.276 e. The van der Waals surface area contributed by atoms with Crippen molar-refractivity contribution in [2.24, 2.45) is 0 Å². The average molecular weight is 237 g/mol. The van der Waals surface area contributed by atoms with Crippen molar-refractivity contribution >= 4 is 11.5 Å². The zero-order valence-electron chi connectivity index (χ0n) is 10.1. The molecule has 1 aliphatic heterocycles. The topological polar surface area (TPSA) is 87.0 Å². The molecule has 1 aromatic rings. The summed E-state index contributed by atoms with van der Waals surface area (Å²) in [7, 11) is 2.13. The third-order valence-corrected chi connectivity index (χ3v) is 3.32. The molecule has 6 nitrogen and oxygen atoms in total. The summed E-state index contributed by atoms with van der Waals surface area (Å²) in [5.74, 6) is 0.479. The lowest BCUT2D eigenvalue weighted by molar-refractivity contribution is 0.194. The Kier molecular flexibility index (Phi) is 3.63. The Hall–Kier alpha value is -1.56. The molecule has 0 bridgehead atoms. The second-order valence-electron chi connectivity index (χ2n) is 4.51. The third-order valence-electron chi connectivity index (χ3n) is 3.32. The normalized spacial score (nSPS) is 21.4. The quantitative estimate of drug-likeness (QED) is 0.701. The Labute approximate surface area is 100 Å². The Morgan fingerprint density at radius 1 is 1.65 bits per heavy atom. The average Bonchev–Trinajstić information content (AvgIpc) is 2.33. The van der Waals surface area contributed by atoms with Crippen LogP contribution >= 0.6 is 0 Å². The Morgan fingerprint density at radius 2 is 2.47 bits per heavy atom. The van der Waals surface area contributed by atoms with E-state index in [-0.39, 0.29) is 11.2 Å². The van der Waals surface area contributed by atoms with E-state index < -0.39 is 0 Å².